The summed E-state index contributed by atoms with van der Waals surface area (Å²) in [4.78, 5) is 30.4. The molecule has 4 rings (SSSR count). The molecular weight excluding hydrogens is 417 g/mol. The summed E-state index contributed by atoms with van der Waals surface area (Å²) in [6.07, 6.45) is 0.0190. The van der Waals surface area contributed by atoms with Crippen LogP contribution in [0.2, 0.25) is 0 Å². The Morgan fingerprint density at radius 3 is 2.59 bits per heavy atom. The Bertz CT molecular complexity index is 1170. The van der Waals surface area contributed by atoms with Crippen molar-refractivity contribution in [1.29, 1.82) is 0 Å². The number of piperidine rings is 1. The molecule has 1 saturated heterocycles. The van der Waals surface area contributed by atoms with Crippen molar-refractivity contribution >= 4 is 28.8 Å². The summed E-state index contributed by atoms with van der Waals surface area (Å²) >= 11 is 0. The predicted octanol–water partition coefficient (Wildman–Crippen LogP) is 4.16. The number of esters is 1. The first-order valence-electron chi connectivity index (χ1n) is 10.4. The zero-order valence-electron chi connectivity index (χ0n) is 17.9. The van der Waals surface area contributed by atoms with Gasteiger partial charge in [0, 0.05) is 24.8 Å². The topological polar surface area (TPSA) is 93.9 Å². The number of halogens is 1. The number of benzene rings is 2. The largest absolute Gasteiger partial charge is 0.497 e. The van der Waals surface area contributed by atoms with E-state index in [0.29, 0.717) is 49.3 Å². The first kappa shape index (κ1) is 21.6. The third-order valence-electron chi connectivity index (χ3n) is 5.72. The van der Waals surface area contributed by atoms with Crippen molar-refractivity contribution in [2.45, 2.75) is 19.8 Å². The molecule has 1 N–H and O–H groups in total. The van der Waals surface area contributed by atoms with Crippen molar-refractivity contribution < 1.29 is 28.6 Å². The molecule has 168 valence electrons. The molecule has 0 bridgehead atoms. The zero-order valence-corrected chi connectivity index (χ0v) is 17.9. The highest BCUT2D eigenvalue weighted by Gasteiger charge is 2.27. The van der Waals surface area contributed by atoms with Crippen LogP contribution in [0, 0.1) is 11.7 Å². The highest BCUT2D eigenvalue weighted by molar-refractivity contribution is 5.92. The second-order valence-electron chi connectivity index (χ2n) is 7.59. The molecular formula is C23H24FN3O5. The lowest BCUT2D eigenvalue weighted by Gasteiger charge is -2.32. The summed E-state index contributed by atoms with van der Waals surface area (Å²) in [6, 6.07) is 9.40. The SMILES string of the molecule is CCOC(=O)C1CCN(c2ccc(F)c(-c3nc4cc(OC)ccc4n3C(=O)O)c2)CC1. The van der Waals surface area contributed by atoms with Gasteiger partial charge in [-0.3, -0.25) is 4.79 Å². The van der Waals surface area contributed by atoms with Gasteiger partial charge in [0.25, 0.3) is 0 Å². The van der Waals surface area contributed by atoms with Gasteiger partial charge in [-0.2, -0.15) is 0 Å². The van der Waals surface area contributed by atoms with E-state index in [1.807, 2.05) is 0 Å². The normalized spacial score (nSPS) is 14.5. The summed E-state index contributed by atoms with van der Waals surface area (Å²) in [5.74, 6) is -0.367. The first-order chi connectivity index (χ1) is 15.4. The van der Waals surface area contributed by atoms with Gasteiger partial charge in [-0.05, 0) is 50.1 Å². The van der Waals surface area contributed by atoms with Crippen LogP contribution in [0.15, 0.2) is 36.4 Å². The van der Waals surface area contributed by atoms with Crippen LogP contribution in [0.25, 0.3) is 22.4 Å². The third-order valence-corrected chi connectivity index (χ3v) is 5.72. The van der Waals surface area contributed by atoms with Gasteiger partial charge in [0.1, 0.15) is 11.6 Å². The monoisotopic (exact) mass is 441 g/mol. The molecule has 2 aromatic carbocycles. The van der Waals surface area contributed by atoms with Gasteiger partial charge < -0.3 is 19.5 Å². The Morgan fingerprint density at radius 2 is 1.94 bits per heavy atom. The van der Waals surface area contributed by atoms with Crippen molar-refractivity contribution in [1.82, 2.24) is 9.55 Å². The van der Waals surface area contributed by atoms with Crippen LogP contribution in [0.1, 0.15) is 19.8 Å². The number of fused-ring (bicyclic) bond motifs is 1. The molecule has 0 spiro atoms. The number of nitrogens with zero attached hydrogens (tertiary/aromatic N) is 3. The average Bonchev–Trinajstić information content (AvgIpc) is 3.18. The van der Waals surface area contributed by atoms with Crippen LogP contribution >= 0.6 is 0 Å². The molecule has 0 amide bonds. The fraction of sp³-hybridized carbons (Fsp3) is 0.348. The number of imidazole rings is 1. The van der Waals surface area contributed by atoms with Gasteiger partial charge in [0.05, 0.1) is 36.2 Å². The van der Waals surface area contributed by atoms with E-state index in [0.717, 1.165) is 10.3 Å². The second kappa shape index (κ2) is 8.86. The fourth-order valence-electron chi connectivity index (χ4n) is 4.08. The molecule has 1 fully saturated rings. The summed E-state index contributed by atoms with van der Waals surface area (Å²) in [5.41, 5.74) is 1.56. The Morgan fingerprint density at radius 1 is 1.19 bits per heavy atom. The van der Waals surface area contributed by atoms with Crippen molar-refractivity contribution in [2.75, 3.05) is 31.7 Å². The van der Waals surface area contributed by atoms with E-state index >= 15 is 0 Å². The molecule has 0 unspecified atom stereocenters. The van der Waals surface area contributed by atoms with E-state index in [4.69, 9.17) is 9.47 Å². The minimum atomic E-state index is -1.26. The molecule has 32 heavy (non-hydrogen) atoms. The Balaban J connectivity index is 1.68. The van der Waals surface area contributed by atoms with E-state index in [-0.39, 0.29) is 23.3 Å². The summed E-state index contributed by atoms with van der Waals surface area (Å²) in [5, 5.41) is 9.79. The first-order valence-corrected chi connectivity index (χ1v) is 10.4. The number of carboxylic acid groups (broad SMARTS) is 1. The predicted molar refractivity (Wildman–Crippen MR) is 117 cm³/mol. The van der Waals surface area contributed by atoms with Crippen LogP contribution < -0.4 is 9.64 Å². The summed E-state index contributed by atoms with van der Waals surface area (Å²) in [6.45, 7) is 3.37. The number of rotatable bonds is 5. The quantitative estimate of drug-likeness (QED) is 0.594. The van der Waals surface area contributed by atoms with Gasteiger partial charge in [-0.1, -0.05) is 0 Å². The van der Waals surface area contributed by atoms with Crippen LogP contribution in [0.5, 0.6) is 5.75 Å². The smallest absolute Gasteiger partial charge is 0.417 e. The van der Waals surface area contributed by atoms with E-state index in [2.05, 4.69) is 9.88 Å². The van der Waals surface area contributed by atoms with Crippen molar-refractivity contribution in [2.24, 2.45) is 5.92 Å². The van der Waals surface area contributed by atoms with Crippen molar-refractivity contribution in [3.05, 3.63) is 42.2 Å². The number of methoxy groups -OCH3 is 1. The standard InChI is InChI=1S/C23H24FN3O5/c1-3-32-22(28)14-8-10-26(11-9-14)15-4-6-18(24)17(12-15)21-25-19-13-16(31-2)5-7-20(19)27(21)23(29)30/h4-7,12-14H,3,8-11H2,1-2H3,(H,29,30). The molecule has 1 aliphatic heterocycles. The van der Waals surface area contributed by atoms with Crippen molar-refractivity contribution in [3.63, 3.8) is 0 Å². The molecule has 0 atom stereocenters. The molecule has 1 aromatic heterocycles. The fourth-order valence-corrected chi connectivity index (χ4v) is 4.08. The van der Waals surface area contributed by atoms with Crippen LogP contribution in [-0.4, -0.2) is 53.5 Å². The molecule has 0 radical (unpaired) electrons. The average molecular weight is 441 g/mol. The Labute approximate surface area is 184 Å². The molecule has 9 heteroatoms. The second-order valence-corrected chi connectivity index (χ2v) is 7.59. The van der Waals surface area contributed by atoms with Crippen LogP contribution in [-0.2, 0) is 9.53 Å². The van der Waals surface area contributed by atoms with E-state index in [1.165, 1.54) is 13.2 Å². The lowest BCUT2D eigenvalue weighted by atomic mass is 9.96. The summed E-state index contributed by atoms with van der Waals surface area (Å²) in [7, 11) is 1.50. The molecule has 3 aromatic rings. The molecule has 0 saturated carbocycles. The summed E-state index contributed by atoms with van der Waals surface area (Å²) < 4.78 is 26.1. The minimum Gasteiger partial charge on any atom is -0.497 e. The molecule has 2 heterocycles. The number of carbonyl (C=O) groups is 2. The number of hydrogen-bond acceptors (Lipinski definition) is 6. The van der Waals surface area contributed by atoms with Gasteiger partial charge in [-0.15, -0.1) is 0 Å². The third kappa shape index (κ3) is 3.98. The maximum atomic E-state index is 14.8. The maximum absolute atomic E-state index is 14.8. The van der Waals surface area contributed by atoms with Gasteiger partial charge in [-0.25, -0.2) is 18.7 Å². The maximum Gasteiger partial charge on any atom is 0.417 e. The molecule has 1 aliphatic rings. The highest BCUT2D eigenvalue weighted by Crippen LogP contribution is 2.33. The lowest BCUT2D eigenvalue weighted by Crippen LogP contribution is -2.37. The molecule has 8 nitrogen and oxygen atoms in total. The van der Waals surface area contributed by atoms with E-state index in [9.17, 15) is 19.1 Å². The highest BCUT2D eigenvalue weighted by atomic mass is 19.1. The number of anilines is 1. The van der Waals surface area contributed by atoms with Crippen molar-refractivity contribution in [3.8, 4) is 17.1 Å². The van der Waals surface area contributed by atoms with Gasteiger partial charge in [0.2, 0.25) is 0 Å². The Hall–Kier alpha value is -3.62. The number of hydrogen-bond donors (Lipinski definition) is 1. The number of carbonyl (C=O) groups excluding carboxylic acids is 1. The van der Waals surface area contributed by atoms with Gasteiger partial charge >= 0.3 is 12.1 Å². The van der Waals surface area contributed by atoms with Crippen LogP contribution in [0.3, 0.4) is 0 Å². The number of ether oxygens (including phenoxy) is 2. The Kier molecular flexibility index (Phi) is 5.98. The van der Waals surface area contributed by atoms with Gasteiger partial charge in [0.15, 0.2) is 5.82 Å². The lowest BCUT2D eigenvalue weighted by molar-refractivity contribution is -0.148. The number of aromatic nitrogens is 2. The van der Waals surface area contributed by atoms with E-state index in [1.54, 1.807) is 37.3 Å². The van der Waals surface area contributed by atoms with Crippen LogP contribution in [0.4, 0.5) is 14.9 Å². The molecule has 0 aliphatic carbocycles. The minimum absolute atomic E-state index is 0.00140. The zero-order chi connectivity index (χ0) is 22.8. The van der Waals surface area contributed by atoms with E-state index < -0.39 is 11.9 Å².